The maximum atomic E-state index is 6.07. The molecule has 3 rings (SSSR count). The van der Waals surface area contributed by atoms with E-state index in [0.717, 1.165) is 32.8 Å². The van der Waals surface area contributed by atoms with E-state index >= 15 is 0 Å². The summed E-state index contributed by atoms with van der Waals surface area (Å²) in [5.74, 6) is 0.987. The number of nitrogens with zero attached hydrogens (tertiary/aromatic N) is 1. The zero-order valence-electron chi connectivity index (χ0n) is 15.7. The molecule has 0 aliphatic heterocycles. The third kappa shape index (κ3) is 7.23. The first-order chi connectivity index (χ1) is 13.7. The molecule has 0 bridgehead atoms. The minimum atomic E-state index is 0.754. The van der Waals surface area contributed by atoms with Crippen LogP contribution in [0.15, 0.2) is 100 Å². The lowest BCUT2D eigenvalue weighted by Crippen LogP contribution is -1.93. The fourth-order valence-corrected chi connectivity index (χ4v) is 4.42. The van der Waals surface area contributed by atoms with E-state index in [0.29, 0.717) is 0 Å². The molecule has 0 heterocycles. The molecule has 0 N–H and O–H groups in total. The Bertz CT molecular complexity index is 934. The molecule has 0 amide bonds. The SMILES string of the molecule is Cc1ccc(N=C(C=CSc2cccc(Cl)c2)SCCc2ccccc2)cc1. The van der Waals surface area contributed by atoms with Gasteiger partial charge in [0.05, 0.1) is 10.7 Å². The highest BCUT2D eigenvalue weighted by atomic mass is 35.5. The summed E-state index contributed by atoms with van der Waals surface area (Å²) in [5, 5.41) is 3.84. The Hall–Kier alpha value is -1.94. The Balaban J connectivity index is 1.68. The van der Waals surface area contributed by atoms with Crippen LogP contribution in [0.3, 0.4) is 0 Å². The maximum absolute atomic E-state index is 6.07. The predicted octanol–water partition coefficient (Wildman–Crippen LogP) is 7.96. The van der Waals surface area contributed by atoms with Crippen LogP contribution in [0.5, 0.6) is 0 Å². The van der Waals surface area contributed by atoms with Gasteiger partial charge in [0.1, 0.15) is 0 Å². The lowest BCUT2D eigenvalue weighted by Gasteiger charge is -2.04. The molecular formula is C24H22ClNS2. The van der Waals surface area contributed by atoms with Crippen molar-refractivity contribution in [3.05, 3.63) is 106 Å². The van der Waals surface area contributed by atoms with Gasteiger partial charge in [-0.3, -0.25) is 0 Å². The normalized spacial score (nSPS) is 11.9. The first-order valence-electron chi connectivity index (χ1n) is 9.10. The molecule has 0 unspecified atom stereocenters. The second-order valence-corrected chi connectivity index (χ2v) is 8.78. The molecule has 0 atom stereocenters. The highest BCUT2D eigenvalue weighted by Gasteiger charge is 2.00. The van der Waals surface area contributed by atoms with Crippen molar-refractivity contribution >= 4 is 45.9 Å². The quantitative estimate of drug-likeness (QED) is 0.217. The van der Waals surface area contributed by atoms with Crippen LogP contribution in [0.1, 0.15) is 11.1 Å². The fourth-order valence-electron chi connectivity index (χ4n) is 2.49. The van der Waals surface area contributed by atoms with Gasteiger partial charge < -0.3 is 0 Å². The van der Waals surface area contributed by atoms with Crippen LogP contribution < -0.4 is 0 Å². The molecule has 0 aliphatic rings. The summed E-state index contributed by atoms with van der Waals surface area (Å²) in [4.78, 5) is 5.95. The van der Waals surface area contributed by atoms with Gasteiger partial charge in [0.2, 0.25) is 0 Å². The van der Waals surface area contributed by atoms with Crippen molar-refractivity contribution in [3.8, 4) is 0 Å². The Morgan fingerprint density at radius 1 is 0.964 bits per heavy atom. The smallest absolute Gasteiger partial charge is 0.0972 e. The number of aliphatic imine (C=N–C) groups is 1. The van der Waals surface area contributed by atoms with Crippen LogP contribution in [0.25, 0.3) is 0 Å². The van der Waals surface area contributed by atoms with Crippen molar-refractivity contribution in [2.45, 2.75) is 18.2 Å². The topological polar surface area (TPSA) is 12.4 Å². The van der Waals surface area contributed by atoms with Crippen LogP contribution in [0.4, 0.5) is 5.69 Å². The van der Waals surface area contributed by atoms with Crippen LogP contribution >= 0.6 is 35.1 Å². The Morgan fingerprint density at radius 3 is 2.50 bits per heavy atom. The van der Waals surface area contributed by atoms with Crippen LogP contribution in [-0.4, -0.2) is 10.8 Å². The Kier molecular flexibility index (Phi) is 8.28. The van der Waals surface area contributed by atoms with Crippen LogP contribution in [0, 0.1) is 6.92 Å². The third-order valence-corrected chi connectivity index (χ3v) is 5.93. The number of hydrogen-bond donors (Lipinski definition) is 0. The third-order valence-electron chi connectivity index (χ3n) is 3.97. The molecule has 4 heteroatoms. The predicted molar refractivity (Wildman–Crippen MR) is 127 cm³/mol. The summed E-state index contributed by atoms with van der Waals surface area (Å²) >= 11 is 9.49. The lowest BCUT2D eigenvalue weighted by molar-refractivity contribution is 1.16. The monoisotopic (exact) mass is 423 g/mol. The van der Waals surface area contributed by atoms with E-state index < -0.39 is 0 Å². The van der Waals surface area contributed by atoms with Crippen molar-refractivity contribution in [1.82, 2.24) is 0 Å². The molecule has 0 aromatic heterocycles. The van der Waals surface area contributed by atoms with Gasteiger partial charge in [0.25, 0.3) is 0 Å². The van der Waals surface area contributed by atoms with Gasteiger partial charge in [-0.15, -0.1) is 11.8 Å². The summed E-state index contributed by atoms with van der Waals surface area (Å²) in [5.41, 5.74) is 3.57. The Morgan fingerprint density at radius 2 is 1.75 bits per heavy atom. The number of rotatable bonds is 7. The van der Waals surface area contributed by atoms with Gasteiger partial charge in [-0.1, -0.05) is 77.5 Å². The van der Waals surface area contributed by atoms with E-state index in [2.05, 4.69) is 79.1 Å². The van der Waals surface area contributed by atoms with E-state index in [1.807, 2.05) is 18.2 Å². The molecule has 0 spiro atoms. The molecule has 3 aromatic rings. The fraction of sp³-hybridized carbons (Fsp3) is 0.125. The zero-order chi connectivity index (χ0) is 19.6. The molecular weight excluding hydrogens is 402 g/mol. The molecule has 0 radical (unpaired) electrons. The average molecular weight is 424 g/mol. The molecule has 0 saturated heterocycles. The molecule has 0 fully saturated rings. The number of thioether (sulfide) groups is 2. The van der Waals surface area contributed by atoms with Gasteiger partial charge in [0.15, 0.2) is 0 Å². The molecule has 28 heavy (non-hydrogen) atoms. The first-order valence-corrected chi connectivity index (χ1v) is 11.3. The second kappa shape index (κ2) is 11.2. The number of benzene rings is 3. The minimum Gasteiger partial charge on any atom is -0.242 e. The van der Waals surface area contributed by atoms with Crippen LogP contribution in [0.2, 0.25) is 5.02 Å². The molecule has 0 saturated carbocycles. The maximum Gasteiger partial charge on any atom is 0.0972 e. The molecule has 1 nitrogen and oxygen atoms in total. The van der Waals surface area contributed by atoms with E-state index in [1.165, 1.54) is 11.1 Å². The van der Waals surface area contributed by atoms with E-state index in [4.69, 9.17) is 16.6 Å². The largest absolute Gasteiger partial charge is 0.242 e. The van der Waals surface area contributed by atoms with Crippen LogP contribution in [-0.2, 0) is 6.42 Å². The van der Waals surface area contributed by atoms with Gasteiger partial charge >= 0.3 is 0 Å². The van der Waals surface area contributed by atoms with E-state index in [1.54, 1.807) is 23.5 Å². The molecule has 0 aliphatic carbocycles. The Labute approximate surface area is 180 Å². The van der Waals surface area contributed by atoms with Gasteiger partial charge in [0, 0.05) is 15.7 Å². The standard InChI is InChI=1S/C24H22ClNS2/c1-19-10-12-22(13-11-19)26-24(28-16-14-20-6-3-2-4-7-20)15-17-27-23-9-5-8-21(25)18-23/h2-13,15,17-18H,14,16H2,1H3. The van der Waals surface area contributed by atoms with Gasteiger partial charge in [-0.05, 0) is 60.7 Å². The first kappa shape index (κ1) is 20.8. The zero-order valence-corrected chi connectivity index (χ0v) is 18.1. The van der Waals surface area contributed by atoms with Crippen molar-refractivity contribution in [2.75, 3.05) is 5.75 Å². The highest BCUT2D eigenvalue weighted by Crippen LogP contribution is 2.24. The summed E-state index contributed by atoms with van der Waals surface area (Å²) in [6, 6.07) is 26.7. The van der Waals surface area contributed by atoms with E-state index in [-0.39, 0.29) is 0 Å². The second-order valence-electron chi connectivity index (χ2n) is 6.25. The van der Waals surface area contributed by atoms with E-state index in [9.17, 15) is 0 Å². The summed E-state index contributed by atoms with van der Waals surface area (Å²) in [7, 11) is 0. The number of aryl methyl sites for hydroxylation is 2. The van der Waals surface area contributed by atoms with Crippen molar-refractivity contribution in [2.24, 2.45) is 4.99 Å². The summed E-state index contributed by atoms with van der Waals surface area (Å²) in [6.45, 7) is 2.09. The molecule has 3 aromatic carbocycles. The number of hydrogen-bond acceptors (Lipinski definition) is 3. The van der Waals surface area contributed by atoms with Gasteiger partial charge in [-0.2, -0.15) is 0 Å². The number of halogens is 1. The lowest BCUT2D eigenvalue weighted by atomic mass is 10.2. The van der Waals surface area contributed by atoms with Crippen molar-refractivity contribution in [3.63, 3.8) is 0 Å². The average Bonchev–Trinajstić information content (AvgIpc) is 2.70. The summed E-state index contributed by atoms with van der Waals surface area (Å²) < 4.78 is 0. The van der Waals surface area contributed by atoms with Crippen molar-refractivity contribution in [1.29, 1.82) is 0 Å². The van der Waals surface area contributed by atoms with Crippen molar-refractivity contribution < 1.29 is 0 Å². The minimum absolute atomic E-state index is 0.754. The summed E-state index contributed by atoms with van der Waals surface area (Å²) in [6.07, 6.45) is 3.11. The van der Waals surface area contributed by atoms with Gasteiger partial charge in [-0.25, -0.2) is 4.99 Å². The highest BCUT2D eigenvalue weighted by molar-refractivity contribution is 8.14. The molecule has 142 valence electrons.